The van der Waals surface area contributed by atoms with Crippen LogP contribution in [0.5, 0.6) is 5.75 Å². The van der Waals surface area contributed by atoms with E-state index in [1.54, 1.807) is 0 Å². The number of hydrogen-bond acceptors (Lipinski definition) is 4. The van der Waals surface area contributed by atoms with Crippen molar-refractivity contribution in [2.75, 3.05) is 13.1 Å². The average molecular weight is 423 g/mol. The van der Waals surface area contributed by atoms with Crippen molar-refractivity contribution in [3.05, 3.63) is 106 Å². The van der Waals surface area contributed by atoms with Crippen LogP contribution in [0.25, 0.3) is 0 Å². The number of aromatic hydroxyl groups is 1. The number of amides is 1. The first-order valence-corrected chi connectivity index (χ1v) is 9.68. The Kier molecular flexibility index (Phi) is 5.62. The Morgan fingerprint density at radius 2 is 1.65 bits per heavy atom. The molecule has 1 aromatic heterocycles. The molecule has 1 amide bonds. The van der Waals surface area contributed by atoms with E-state index in [9.17, 15) is 23.5 Å². The summed E-state index contributed by atoms with van der Waals surface area (Å²) in [4.78, 5) is 26.1. The van der Waals surface area contributed by atoms with E-state index in [1.165, 1.54) is 9.58 Å². The lowest BCUT2D eigenvalue weighted by atomic mass is 9.83. The topological polar surface area (TPSA) is 75.4 Å². The van der Waals surface area contributed by atoms with Gasteiger partial charge in [-0.25, -0.2) is 0 Å². The van der Waals surface area contributed by atoms with Crippen LogP contribution >= 0.6 is 0 Å². The molecule has 0 unspecified atom stereocenters. The number of halogens is 2. The van der Waals surface area contributed by atoms with Gasteiger partial charge in [0.1, 0.15) is 0 Å². The van der Waals surface area contributed by atoms with Crippen LogP contribution < -0.4 is 5.43 Å². The summed E-state index contributed by atoms with van der Waals surface area (Å²) >= 11 is 0. The molecule has 0 aliphatic carbocycles. The first-order valence-electron chi connectivity index (χ1n) is 9.68. The van der Waals surface area contributed by atoms with Gasteiger partial charge in [-0.15, -0.1) is 0 Å². The number of aromatic nitrogens is 2. The molecule has 2 heterocycles. The zero-order chi connectivity index (χ0) is 22.0. The zero-order valence-electron chi connectivity index (χ0n) is 16.4. The van der Waals surface area contributed by atoms with Crippen LogP contribution in [-0.4, -0.2) is 38.8 Å². The molecule has 0 fully saturated rings. The highest BCUT2D eigenvalue weighted by atomic mass is 19.3. The predicted octanol–water partition coefficient (Wildman–Crippen LogP) is 3.56. The number of hydrogen-bond donors (Lipinski definition) is 1. The summed E-state index contributed by atoms with van der Waals surface area (Å²) in [5.41, 5.74) is 0.744. The fraction of sp³-hybridized carbons (Fsp3) is 0.174. The molecule has 2 aromatic carbocycles. The Bertz CT molecular complexity index is 1140. The molecule has 3 aromatic rings. The van der Waals surface area contributed by atoms with Crippen molar-refractivity contribution >= 4 is 5.91 Å². The van der Waals surface area contributed by atoms with E-state index in [-0.39, 0.29) is 24.7 Å². The summed E-state index contributed by atoms with van der Waals surface area (Å²) in [6.07, 6.45) is -0.315. The third-order valence-corrected chi connectivity index (χ3v) is 5.37. The molecular weight excluding hydrogens is 404 g/mol. The van der Waals surface area contributed by atoms with Crippen molar-refractivity contribution in [1.82, 2.24) is 14.7 Å². The van der Waals surface area contributed by atoms with Crippen LogP contribution in [0, 0.1) is 0 Å². The molecule has 1 aliphatic heterocycles. The smallest absolute Gasteiger partial charge is 0.276 e. The maximum Gasteiger partial charge on any atom is 0.276 e. The van der Waals surface area contributed by atoms with E-state index in [1.807, 2.05) is 60.7 Å². The molecule has 1 atom stereocenters. The molecule has 158 valence electrons. The van der Waals surface area contributed by atoms with E-state index in [2.05, 4.69) is 5.10 Å². The second-order valence-electron chi connectivity index (χ2n) is 7.22. The summed E-state index contributed by atoms with van der Waals surface area (Å²) in [7, 11) is 0. The first kappa shape index (κ1) is 20.5. The largest absolute Gasteiger partial charge is 0.502 e. The molecule has 0 radical (unpaired) electrons. The molecule has 6 nitrogen and oxygen atoms in total. The van der Waals surface area contributed by atoms with Gasteiger partial charge in [-0.1, -0.05) is 60.7 Å². The van der Waals surface area contributed by atoms with Gasteiger partial charge in [0.25, 0.3) is 12.0 Å². The van der Waals surface area contributed by atoms with Crippen LogP contribution in [0.3, 0.4) is 0 Å². The minimum absolute atomic E-state index is 0.0688. The minimum atomic E-state index is -1.91. The lowest BCUT2D eigenvalue weighted by Gasteiger charge is -2.38. The fourth-order valence-corrected chi connectivity index (χ4v) is 3.99. The lowest BCUT2D eigenvalue weighted by Crippen LogP contribution is -2.47. The molecule has 0 saturated carbocycles. The minimum Gasteiger partial charge on any atom is -0.502 e. The molecule has 1 aliphatic rings. The number of carbonyl (C=O) groups is 1. The maximum atomic E-state index is 12.9. The van der Waals surface area contributed by atoms with Crippen molar-refractivity contribution in [2.24, 2.45) is 0 Å². The van der Waals surface area contributed by atoms with Crippen molar-refractivity contribution in [3.8, 4) is 5.75 Å². The number of benzene rings is 2. The summed E-state index contributed by atoms with van der Waals surface area (Å²) < 4.78 is 26.8. The maximum absolute atomic E-state index is 12.9. The van der Waals surface area contributed by atoms with Gasteiger partial charge in [0.15, 0.2) is 11.4 Å². The lowest BCUT2D eigenvalue weighted by molar-refractivity contribution is 0.0656. The fourth-order valence-electron chi connectivity index (χ4n) is 3.99. The Balaban J connectivity index is 1.91. The highest BCUT2D eigenvalue weighted by Crippen LogP contribution is 2.39. The molecule has 0 spiro atoms. The highest BCUT2D eigenvalue weighted by molar-refractivity contribution is 5.95. The summed E-state index contributed by atoms with van der Waals surface area (Å²) in [5.74, 6) is -1.78. The Hall–Kier alpha value is -3.81. The van der Waals surface area contributed by atoms with Gasteiger partial charge in [-0.3, -0.25) is 14.3 Å². The van der Waals surface area contributed by atoms with Gasteiger partial charge < -0.3 is 10.0 Å². The second kappa shape index (κ2) is 8.51. The van der Waals surface area contributed by atoms with Gasteiger partial charge >= 0.3 is 0 Å². The van der Waals surface area contributed by atoms with Crippen molar-refractivity contribution < 1.29 is 18.7 Å². The summed E-state index contributed by atoms with van der Waals surface area (Å²) in [6, 6.07) is 18.5. The van der Waals surface area contributed by atoms with Gasteiger partial charge in [-0.2, -0.15) is 13.9 Å². The molecule has 4 rings (SSSR count). The van der Waals surface area contributed by atoms with Gasteiger partial charge in [-0.05, 0) is 11.1 Å². The summed E-state index contributed by atoms with van der Waals surface area (Å²) in [6.45, 7) is -0.282. The standard InChI is InChI=1S/C23H19F2N3O3/c24-19(25)11-12-27-14-17(28-21(23(27)31)22(30)18(29)13-26-28)20(15-7-3-1-4-8-15)16-9-5-2-6-10-16/h1-11,13,17,20,30H,12,14H2/t17-/m1/s1. The number of fused-ring (bicyclic) bond motifs is 1. The van der Waals surface area contributed by atoms with Crippen LogP contribution in [0.2, 0.25) is 0 Å². The highest BCUT2D eigenvalue weighted by Gasteiger charge is 2.39. The Labute approximate surface area is 176 Å². The van der Waals surface area contributed by atoms with E-state index in [4.69, 9.17) is 0 Å². The SMILES string of the molecule is O=C1c2c(O)c(=O)cnn2[C@@H](C(c2ccccc2)c2ccccc2)CN1CC=C(F)F. The molecule has 8 heteroatoms. The normalized spacial score (nSPS) is 15.6. The van der Waals surface area contributed by atoms with E-state index in [0.717, 1.165) is 17.3 Å². The number of rotatable bonds is 5. The number of nitrogens with zero attached hydrogens (tertiary/aromatic N) is 3. The van der Waals surface area contributed by atoms with E-state index < -0.39 is 29.2 Å². The van der Waals surface area contributed by atoms with E-state index in [0.29, 0.717) is 6.08 Å². The van der Waals surface area contributed by atoms with Crippen molar-refractivity contribution in [3.63, 3.8) is 0 Å². The molecule has 0 saturated heterocycles. The molecule has 1 N–H and O–H groups in total. The van der Waals surface area contributed by atoms with Gasteiger partial charge in [0, 0.05) is 25.1 Å². The summed E-state index contributed by atoms with van der Waals surface area (Å²) in [5, 5.41) is 14.5. The Morgan fingerprint density at radius 3 is 2.19 bits per heavy atom. The first-order chi connectivity index (χ1) is 15.0. The third kappa shape index (κ3) is 3.96. The quantitative estimate of drug-likeness (QED) is 0.681. The van der Waals surface area contributed by atoms with Crippen molar-refractivity contribution in [2.45, 2.75) is 12.0 Å². The monoisotopic (exact) mass is 423 g/mol. The van der Waals surface area contributed by atoms with Gasteiger partial charge in [0.2, 0.25) is 5.43 Å². The molecule has 31 heavy (non-hydrogen) atoms. The third-order valence-electron chi connectivity index (χ3n) is 5.37. The van der Waals surface area contributed by atoms with Crippen LogP contribution in [-0.2, 0) is 0 Å². The second-order valence-corrected chi connectivity index (χ2v) is 7.22. The zero-order valence-corrected chi connectivity index (χ0v) is 16.4. The van der Waals surface area contributed by atoms with Crippen LogP contribution in [0.15, 0.2) is 83.8 Å². The number of carbonyl (C=O) groups excluding carboxylic acids is 1. The van der Waals surface area contributed by atoms with Gasteiger partial charge in [0.05, 0.1) is 12.2 Å². The molecular formula is C23H19F2N3O3. The van der Waals surface area contributed by atoms with Crippen LogP contribution in [0.4, 0.5) is 8.78 Å². The van der Waals surface area contributed by atoms with E-state index >= 15 is 0 Å². The molecule has 0 bridgehead atoms. The van der Waals surface area contributed by atoms with Crippen molar-refractivity contribution in [1.29, 1.82) is 0 Å². The van der Waals surface area contributed by atoms with Crippen LogP contribution in [0.1, 0.15) is 33.6 Å². The Morgan fingerprint density at radius 1 is 1.06 bits per heavy atom. The predicted molar refractivity (Wildman–Crippen MR) is 110 cm³/mol. The average Bonchev–Trinajstić information content (AvgIpc) is 2.78.